The Morgan fingerprint density at radius 1 is 1.32 bits per heavy atom. The molecule has 1 aliphatic heterocycles. The van der Waals surface area contributed by atoms with Gasteiger partial charge in [0.1, 0.15) is 12.0 Å². The summed E-state index contributed by atoms with van der Waals surface area (Å²) >= 11 is 1.61. The van der Waals surface area contributed by atoms with Crippen molar-refractivity contribution in [3.63, 3.8) is 0 Å². The van der Waals surface area contributed by atoms with E-state index in [2.05, 4.69) is 51.1 Å². The molecular formula is C18H22N6S. The van der Waals surface area contributed by atoms with Crippen LogP contribution in [0.1, 0.15) is 25.3 Å². The van der Waals surface area contributed by atoms with Crippen LogP contribution in [0.2, 0.25) is 0 Å². The summed E-state index contributed by atoms with van der Waals surface area (Å²) in [5, 5.41) is 4.07. The molecule has 3 N–H and O–H groups in total. The first kappa shape index (κ1) is 16.1. The highest BCUT2D eigenvalue weighted by Gasteiger charge is 2.21. The highest BCUT2D eigenvalue weighted by molar-refractivity contribution is 7.22. The van der Waals surface area contributed by atoms with Crippen molar-refractivity contribution < 1.29 is 0 Å². The normalized spacial score (nSPS) is 17.8. The van der Waals surface area contributed by atoms with Gasteiger partial charge in [-0.05, 0) is 43.4 Å². The van der Waals surface area contributed by atoms with Gasteiger partial charge in [-0.3, -0.25) is 0 Å². The van der Waals surface area contributed by atoms with E-state index in [1.807, 2.05) is 6.07 Å². The number of piperidine rings is 1. The second kappa shape index (κ2) is 6.48. The zero-order chi connectivity index (χ0) is 17.4. The number of benzene rings is 1. The van der Waals surface area contributed by atoms with Crippen LogP contribution in [0.15, 0.2) is 24.5 Å². The van der Waals surface area contributed by atoms with Gasteiger partial charge in [0.15, 0.2) is 16.8 Å². The fourth-order valence-corrected chi connectivity index (χ4v) is 4.27. The van der Waals surface area contributed by atoms with E-state index >= 15 is 0 Å². The largest absolute Gasteiger partial charge is 0.393 e. The van der Waals surface area contributed by atoms with Gasteiger partial charge in [0.2, 0.25) is 0 Å². The number of nitrogens with zero attached hydrogens (tertiary/aromatic N) is 4. The molecule has 0 saturated carbocycles. The quantitative estimate of drug-likeness (QED) is 0.741. The van der Waals surface area contributed by atoms with Gasteiger partial charge < -0.3 is 16.0 Å². The average molecular weight is 354 g/mol. The van der Waals surface area contributed by atoms with Gasteiger partial charge in [-0.25, -0.2) is 15.0 Å². The highest BCUT2D eigenvalue weighted by Crippen LogP contribution is 2.33. The monoisotopic (exact) mass is 354 g/mol. The zero-order valence-corrected chi connectivity index (χ0v) is 15.3. The van der Waals surface area contributed by atoms with Crippen LogP contribution in [0.4, 0.5) is 22.5 Å². The number of aromatic nitrogens is 3. The van der Waals surface area contributed by atoms with Crippen LogP contribution in [0.5, 0.6) is 0 Å². The van der Waals surface area contributed by atoms with Gasteiger partial charge in [0, 0.05) is 13.1 Å². The molecule has 1 atom stereocenters. The molecule has 4 rings (SSSR count). The van der Waals surface area contributed by atoms with Crippen molar-refractivity contribution in [3.05, 3.63) is 30.1 Å². The molecule has 0 radical (unpaired) electrons. The van der Waals surface area contributed by atoms with Crippen molar-refractivity contribution in [2.24, 2.45) is 5.92 Å². The fourth-order valence-electron chi connectivity index (χ4n) is 3.31. The highest BCUT2D eigenvalue weighted by atomic mass is 32.1. The smallest absolute Gasteiger partial charge is 0.189 e. The number of aryl methyl sites for hydroxylation is 1. The van der Waals surface area contributed by atoms with E-state index in [0.29, 0.717) is 17.4 Å². The maximum atomic E-state index is 6.37. The van der Waals surface area contributed by atoms with E-state index in [-0.39, 0.29) is 0 Å². The van der Waals surface area contributed by atoms with E-state index in [9.17, 15) is 0 Å². The van der Waals surface area contributed by atoms with Crippen molar-refractivity contribution in [1.29, 1.82) is 0 Å². The fraction of sp³-hybridized carbons (Fsp3) is 0.389. The Labute approximate surface area is 151 Å². The van der Waals surface area contributed by atoms with Gasteiger partial charge in [-0.15, -0.1) is 0 Å². The number of nitrogens with two attached hydrogens (primary N) is 1. The molecule has 25 heavy (non-hydrogen) atoms. The molecule has 0 spiro atoms. The van der Waals surface area contributed by atoms with E-state index in [4.69, 9.17) is 5.73 Å². The van der Waals surface area contributed by atoms with Crippen LogP contribution in [-0.4, -0.2) is 28.0 Å². The van der Waals surface area contributed by atoms with E-state index < -0.39 is 0 Å². The Balaban J connectivity index is 1.62. The molecule has 0 amide bonds. The number of anilines is 4. The lowest BCUT2D eigenvalue weighted by atomic mass is 10.0. The lowest BCUT2D eigenvalue weighted by molar-refractivity contribution is 0.445. The Morgan fingerprint density at radius 2 is 2.20 bits per heavy atom. The molecule has 1 saturated heterocycles. The molecule has 3 aromatic rings. The van der Waals surface area contributed by atoms with Crippen LogP contribution in [0.25, 0.3) is 10.2 Å². The second-order valence-corrected chi connectivity index (χ2v) is 7.80. The van der Waals surface area contributed by atoms with Gasteiger partial charge in [0.25, 0.3) is 0 Å². The average Bonchev–Trinajstić information content (AvgIpc) is 2.98. The molecule has 7 heteroatoms. The summed E-state index contributed by atoms with van der Waals surface area (Å²) in [5.74, 6) is 2.10. The van der Waals surface area contributed by atoms with Crippen LogP contribution in [-0.2, 0) is 0 Å². The van der Waals surface area contributed by atoms with E-state index in [1.165, 1.54) is 18.4 Å². The number of nitrogen functional groups attached to an aromatic ring is 1. The number of hydrogen-bond acceptors (Lipinski definition) is 7. The van der Waals surface area contributed by atoms with Crippen molar-refractivity contribution in [2.75, 3.05) is 29.0 Å². The van der Waals surface area contributed by atoms with Gasteiger partial charge >= 0.3 is 0 Å². The first-order valence-electron chi connectivity index (χ1n) is 8.60. The van der Waals surface area contributed by atoms with Crippen molar-refractivity contribution in [2.45, 2.75) is 26.7 Å². The molecule has 1 aliphatic rings. The minimum absolute atomic E-state index is 0.590. The van der Waals surface area contributed by atoms with Crippen molar-refractivity contribution in [3.8, 4) is 0 Å². The third-order valence-corrected chi connectivity index (χ3v) is 5.52. The van der Waals surface area contributed by atoms with Crippen LogP contribution < -0.4 is 16.0 Å². The lowest BCUT2D eigenvalue weighted by Crippen LogP contribution is -2.35. The summed E-state index contributed by atoms with van der Waals surface area (Å²) in [5.41, 5.74) is 9.17. The molecule has 6 nitrogen and oxygen atoms in total. The van der Waals surface area contributed by atoms with Gasteiger partial charge in [0.05, 0.1) is 10.2 Å². The van der Waals surface area contributed by atoms with Crippen molar-refractivity contribution >= 4 is 44.0 Å². The predicted molar refractivity (Wildman–Crippen MR) is 105 cm³/mol. The zero-order valence-electron chi connectivity index (χ0n) is 14.5. The molecule has 2 aromatic heterocycles. The Kier molecular flexibility index (Phi) is 4.17. The summed E-state index contributed by atoms with van der Waals surface area (Å²) in [6.07, 6.45) is 4.01. The molecule has 130 valence electrons. The number of nitrogens with one attached hydrogen (secondary N) is 1. The standard InChI is InChI=1S/C18H22N6S/c1-11-5-6-13-14(8-11)25-18(22-13)23-16-15(19)17(21-10-20-16)24-7-3-4-12(2)9-24/h5-6,8,10,12H,3-4,7,9,19H2,1-2H3,(H,20,21,22,23). The Hall–Kier alpha value is -2.41. The van der Waals surface area contributed by atoms with Gasteiger partial charge in [-0.1, -0.05) is 24.3 Å². The number of fused-ring (bicyclic) bond motifs is 1. The molecule has 1 fully saturated rings. The first-order valence-corrected chi connectivity index (χ1v) is 9.41. The molecule has 0 bridgehead atoms. The Morgan fingerprint density at radius 3 is 3.04 bits per heavy atom. The summed E-state index contributed by atoms with van der Waals surface area (Å²) in [4.78, 5) is 15.6. The van der Waals surface area contributed by atoms with E-state index in [1.54, 1.807) is 17.7 Å². The van der Waals surface area contributed by atoms with Crippen molar-refractivity contribution in [1.82, 2.24) is 15.0 Å². The maximum absolute atomic E-state index is 6.37. The minimum Gasteiger partial charge on any atom is -0.393 e. The Bertz CT molecular complexity index is 906. The maximum Gasteiger partial charge on any atom is 0.189 e. The number of thiazole rings is 1. The summed E-state index contributed by atoms with van der Waals surface area (Å²) in [6, 6.07) is 6.25. The van der Waals surface area contributed by atoms with Crippen LogP contribution in [0.3, 0.4) is 0 Å². The molecule has 3 heterocycles. The number of rotatable bonds is 3. The van der Waals surface area contributed by atoms with Crippen LogP contribution in [0, 0.1) is 12.8 Å². The first-order chi connectivity index (χ1) is 12.1. The summed E-state index contributed by atoms with van der Waals surface area (Å²) < 4.78 is 1.15. The second-order valence-electron chi connectivity index (χ2n) is 6.77. The minimum atomic E-state index is 0.590. The molecule has 1 aromatic carbocycles. The van der Waals surface area contributed by atoms with E-state index in [0.717, 1.165) is 34.3 Å². The topological polar surface area (TPSA) is 80.0 Å². The molecule has 1 unspecified atom stereocenters. The molecule has 0 aliphatic carbocycles. The summed E-state index contributed by atoms with van der Waals surface area (Å²) in [6.45, 7) is 6.33. The third-order valence-electron chi connectivity index (χ3n) is 4.59. The predicted octanol–water partition coefficient (Wildman–Crippen LogP) is 3.96. The number of hydrogen-bond donors (Lipinski definition) is 2. The third kappa shape index (κ3) is 3.24. The van der Waals surface area contributed by atoms with Gasteiger partial charge in [-0.2, -0.15) is 0 Å². The lowest BCUT2D eigenvalue weighted by Gasteiger charge is -2.32. The summed E-state index contributed by atoms with van der Waals surface area (Å²) in [7, 11) is 0. The SMILES string of the molecule is Cc1ccc2nc(Nc3ncnc(N4CCCC(C)C4)c3N)sc2c1. The molecular weight excluding hydrogens is 332 g/mol. The van der Waals surface area contributed by atoms with Crippen LogP contribution >= 0.6 is 11.3 Å².